The lowest BCUT2D eigenvalue weighted by Gasteiger charge is -2.39. The van der Waals surface area contributed by atoms with Gasteiger partial charge in [0.1, 0.15) is 11.9 Å². The van der Waals surface area contributed by atoms with Gasteiger partial charge in [0.05, 0.1) is 44.0 Å². The zero-order chi connectivity index (χ0) is 30.1. The molecule has 1 aromatic heterocycles. The highest BCUT2D eigenvalue weighted by Crippen LogP contribution is 2.37. The van der Waals surface area contributed by atoms with Crippen molar-refractivity contribution in [3.8, 4) is 0 Å². The van der Waals surface area contributed by atoms with Crippen LogP contribution in [-0.4, -0.2) is 97.2 Å². The fourth-order valence-corrected chi connectivity index (χ4v) is 7.51. The van der Waals surface area contributed by atoms with Crippen molar-refractivity contribution in [2.45, 2.75) is 57.3 Å². The summed E-state index contributed by atoms with van der Waals surface area (Å²) in [5, 5.41) is 6.00. The molecule has 1 N–H and O–H groups in total. The first kappa shape index (κ1) is 29.9. The van der Waals surface area contributed by atoms with Crippen molar-refractivity contribution in [3.05, 3.63) is 63.0 Å². The number of nitrogens with zero attached hydrogens (tertiary/aromatic N) is 4. The SMILES string of the molecule is CCOC(=O)C1=C(CN2CCO[C@@H]3CN(C4CCC(C(=O)OC)C4)CC32)NC(c2nccs2)=N[C@H]1c1cccc(F)c1C. The van der Waals surface area contributed by atoms with Crippen molar-refractivity contribution in [2.24, 2.45) is 10.9 Å². The van der Waals surface area contributed by atoms with Crippen LogP contribution in [0.3, 0.4) is 0 Å². The number of nitrogens with one attached hydrogen (secondary N) is 1. The molecular formula is C31H38FN5O5S. The van der Waals surface area contributed by atoms with E-state index in [1.165, 1.54) is 24.5 Å². The first-order chi connectivity index (χ1) is 20.9. The lowest BCUT2D eigenvalue weighted by molar-refractivity contribution is -0.145. The van der Waals surface area contributed by atoms with Gasteiger partial charge in [0, 0.05) is 49.5 Å². The van der Waals surface area contributed by atoms with E-state index in [9.17, 15) is 14.0 Å². The normalized spacial score (nSPS) is 27.9. The highest BCUT2D eigenvalue weighted by atomic mass is 32.1. The average Bonchev–Trinajstić information content (AvgIpc) is 3.79. The van der Waals surface area contributed by atoms with E-state index in [4.69, 9.17) is 19.2 Å². The molecule has 0 amide bonds. The van der Waals surface area contributed by atoms with Gasteiger partial charge in [-0.25, -0.2) is 14.2 Å². The molecular weight excluding hydrogens is 573 g/mol. The molecule has 0 bridgehead atoms. The second-order valence-corrected chi connectivity index (χ2v) is 12.4. The first-order valence-electron chi connectivity index (χ1n) is 14.9. The number of ether oxygens (including phenoxy) is 3. The number of halogens is 1. The molecule has 1 aromatic carbocycles. The van der Waals surface area contributed by atoms with Crippen LogP contribution in [0.25, 0.3) is 0 Å². The van der Waals surface area contributed by atoms with E-state index in [-0.39, 0.29) is 36.5 Å². The number of carbonyl (C=O) groups excluding carboxylic acids is 2. The smallest absolute Gasteiger partial charge is 0.338 e. The summed E-state index contributed by atoms with van der Waals surface area (Å²) in [5.74, 6) is -0.456. The molecule has 0 radical (unpaired) electrons. The van der Waals surface area contributed by atoms with Crippen LogP contribution < -0.4 is 5.32 Å². The molecule has 4 heterocycles. The molecule has 5 atom stereocenters. The molecule has 6 rings (SSSR count). The van der Waals surface area contributed by atoms with Crippen molar-refractivity contribution in [3.63, 3.8) is 0 Å². The Kier molecular flexibility index (Phi) is 8.90. The second kappa shape index (κ2) is 12.8. The van der Waals surface area contributed by atoms with E-state index < -0.39 is 12.0 Å². The minimum atomic E-state index is -0.754. The number of hydrogen-bond acceptors (Lipinski definition) is 11. The number of amidine groups is 1. The van der Waals surface area contributed by atoms with Crippen LogP contribution in [0.15, 0.2) is 46.0 Å². The molecule has 3 unspecified atom stereocenters. The lowest BCUT2D eigenvalue weighted by Crippen LogP contribution is -2.53. The van der Waals surface area contributed by atoms with Gasteiger partial charge in [0.15, 0.2) is 10.8 Å². The molecule has 1 aliphatic carbocycles. The number of morpholine rings is 1. The Morgan fingerprint density at radius 3 is 2.88 bits per heavy atom. The highest BCUT2D eigenvalue weighted by molar-refractivity contribution is 7.11. The summed E-state index contributed by atoms with van der Waals surface area (Å²) in [6.45, 7) is 7.01. The topological polar surface area (TPSA) is 106 Å². The number of hydrogen-bond donors (Lipinski definition) is 1. The number of aromatic nitrogens is 1. The van der Waals surface area contributed by atoms with E-state index >= 15 is 0 Å². The van der Waals surface area contributed by atoms with Crippen LogP contribution in [0, 0.1) is 18.7 Å². The van der Waals surface area contributed by atoms with E-state index in [1.807, 2.05) is 11.4 Å². The maximum absolute atomic E-state index is 14.8. The van der Waals surface area contributed by atoms with Crippen LogP contribution in [0.4, 0.5) is 4.39 Å². The summed E-state index contributed by atoms with van der Waals surface area (Å²) >= 11 is 1.45. The number of likely N-dealkylation sites (tertiary alicyclic amines) is 1. The van der Waals surface area contributed by atoms with E-state index in [0.717, 1.165) is 32.4 Å². The number of thiazole rings is 1. The summed E-state index contributed by atoms with van der Waals surface area (Å²) in [4.78, 5) is 40.0. The van der Waals surface area contributed by atoms with Gasteiger partial charge in [-0.15, -0.1) is 11.3 Å². The Morgan fingerprint density at radius 2 is 2.12 bits per heavy atom. The predicted octanol–water partition coefficient (Wildman–Crippen LogP) is 3.23. The summed E-state index contributed by atoms with van der Waals surface area (Å²) in [7, 11) is 1.45. The fourth-order valence-electron chi connectivity index (χ4n) is 6.92. The van der Waals surface area contributed by atoms with Crippen molar-refractivity contribution < 1.29 is 28.2 Å². The average molecular weight is 612 g/mol. The zero-order valence-corrected chi connectivity index (χ0v) is 25.6. The summed E-state index contributed by atoms with van der Waals surface area (Å²) in [5.41, 5.74) is 2.12. The Labute approximate surface area is 254 Å². The van der Waals surface area contributed by atoms with Gasteiger partial charge in [0.2, 0.25) is 0 Å². The number of fused-ring (bicyclic) bond motifs is 1. The minimum Gasteiger partial charge on any atom is -0.469 e. The third-order valence-electron chi connectivity index (χ3n) is 9.12. The molecule has 2 saturated heterocycles. The molecule has 3 aliphatic heterocycles. The molecule has 4 aliphatic rings. The Bertz CT molecular complexity index is 1420. The third-order valence-corrected chi connectivity index (χ3v) is 9.90. The highest BCUT2D eigenvalue weighted by Gasteiger charge is 2.45. The van der Waals surface area contributed by atoms with Crippen LogP contribution in [-0.2, 0) is 23.8 Å². The molecule has 1 saturated carbocycles. The Balaban J connectivity index is 1.31. The van der Waals surface area contributed by atoms with Gasteiger partial charge >= 0.3 is 11.9 Å². The molecule has 2 aromatic rings. The largest absolute Gasteiger partial charge is 0.469 e. The quantitative estimate of drug-likeness (QED) is 0.451. The van der Waals surface area contributed by atoms with Crippen molar-refractivity contribution in [1.82, 2.24) is 20.1 Å². The molecule has 12 heteroatoms. The van der Waals surface area contributed by atoms with Gasteiger partial charge in [-0.05, 0) is 50.3 Å². The molecule has 43 heavy (non-hydrogen) atoms. The summed E-state index contributed by atoms with van der Waals surface area (Å²) in [6, 6.07) is 4.55. The minimum absolute atomic E-state index is 0.0227. The van der Waals surface area contributed by atoms with Gasteiger partial charge in [-0.1, -0.05) is 12.1 Å². The summed E-state index contributed by atoms with van der Waals surface area (Å²) in [6.07, 6.45) is 4.34. The Morgan fingerprint density at radius 1 is 1.26 bits per heavy atom. The van der Waals surface area contributed by atoms with Crippen molar-refractivity contribution in [2.75, 3.05) is 46.5 Å². The van der Waals surface area contributed by atoms with Crippen molar-refractivity contribution in [1.29, 1.82) is 0 Å². The van der Waals surface area contributed by atoms with Crippen LogP contribution in [0.2, 0.25) is 0 Å². The van der Waals surface area contributed by atoms with Crippen LogP contribution in [0.5, 0.6) is 0 Å². The summed E-state index contributed by atoms with van der Waals surface area (Å²) < 4.78 is 31.6. The molecule has 0 spiro atoms. The zero-order valence-electron chi connectivity index (χ0n) is 24.8. The monoisotopic (exact) mass is 611 g/mol. The molecule has 10 nitrogen and oxygen atoms in total. The first-order valence-corrected chi connectivity index (χ1v) is 15.8. The van der Waals surface area contributed by atoms with E-state index in [2.05, 4.69) is 20.1 Å². The van der Waals surface area contributed by atoms with Crippen LogP contribution >= 0.6 is 11.3 Å². The number of esters is 2. The maximum atomic E-state index is 14.8. The lowest BCUT2D eigenvalue weighted by atomic mass is 9.92. The van der Waals surface area contributed by atoms with Gasteiger partial charge in [0.25, 0.3) is 0 Å². The predicted molar refractivity (Wildman–Crippen MR) is 159 cm³/mol. The van der Waals surface area contributed by atoms with Gasteiger partial charge in [-0.3, -0.25) is 19.6 Å². The number of carbonyl (C=O) groups is 2. The second-order valence-electron chi connectivity index (χ2n) is 11.5. The third kappa shape index (κ3) is 5.98. The van der Waals surface area contributed by atoms with E-state index in [0.29, 0.717) is 59.0 Å². The van der Waals surface area contributed by atoms with Crippen LogP contribution in [0.1, 0.15) is 48.4 Å². The number of methoxy groups -OCH3 is 1. The van der Waals surface area contributed by atoms with E-state index in [1.54, 1.807) is 26.1 Å². The van der Waals surface area contributed by atoms with Crippen molar-refractivity contribution >= 4 is 29.1 Å². The van der Waals surface area contributed by atoms with Gasteiger partial charge in [-0.2, -0.15) is 0 Å². The maximum Gasteiger partial charge on any atom is 0.338 e. The number of benzene rings is 1. The number of rotatable bonds is 8. The van der Waals surface area contributed by atoms with Gasteiger partial charge < -0.3 is 19.5 Å². The number of aliphatic imine (C=N–C) groups is 1. The molecule has 3 fully saturated rings. The fraction of sp³-hybridized carbons (Fsp3) is 0.548. The Hall–Kier alpha value is -3.19. The molecule has 230 valence electrons. The standard InChI is InChI=1S/C31H38FN5O5S/c1-4-41-31(39)26-23(34-28(29-33-10-13-43-29)35-27(26)21-6-5-7-22(32)18(21)2)15-36-11-12-42-25-17-37(16-24(25)36)20-9-8-19(14-20)30(38)40-3/h5-7,10,13,19-20,24-25,27H,4,8-9,11-12,14-17H2,1-3H3,(H,34,35)/t19?,20?,24?,25-,27+/m1/s1.